The van der Waals surface area contributed by atoms with Crippen LogP contribution in [0.15, 0.2) is 0 Å². The summed E-state index contributed by atoms with van der Waals surface area (Å²) in [6, 6.07) is -0.802. The molecule has 5 heteroatoms. The summed E-state index contributed by atoms with van der Waals surface area (Å²) in [6.45, 7) is 1.12. The van der Waals surface area contributed by atoms with E-state index in [0.29, 0.717) is 25.6 Å². The number of carboxylic acid groups (broad SMARTS) is 1. The first-order valence-corrected chi connectivity index (χ1v) is 8.26. The van der Waals surface area contributed by atoms with E-state index in [0.717, 1.165) is 25.7 Å². The zero-order chi connectivity index (χ0) is 15.1. The molecule has 2 atom stereocenters. The van der Waals surface area contributed by atoms with Gasteiger partial charge in [-0.05, 0) is 31.6 Å². The number of hydrogen-bond acceptors (Lipinski definition) is 3. The molecule has 1 aliphatic heterocycles. The summed E-state index contributed by atoms with van der Waals surface area (Å²) in [5.41, 5.74) is 0. The monoisotopic (exact) mass is 297 g/mol. The van der Waals surface area contributed by atoms with Gasteiger partial charge in [-0.25, -0.2) is 4.79 Å². The molecule has 0 radical (unpaired) electrons. The van der Waals surface area contributed by atoms with Gasteiger partial charge in [0, 0.05) is 18.9 Å². The minimum absolute atomic E-state index is 0.102. The van der Waals surface area contributed by atoms with Crippen LogP contribution in [-0.2, 0) is 14.3 Å². The van der Waals surface area contributed by atoms with Crippen molar-refractivity contribution in [1.82, 2.24) is 5.32 Å². The highest BCUT2D eigenvalue weighted by atomic mass is 16.5. The number of aliphatic carboxylic acids is 1. The molecular weight excluding hydrogens is 270 g/mol. The fraction of sp³-hybridized carbons (Fsp3) is 0.875. The van der Waals surface area contributed by atoms with Gasteiger partial charge in [-0.2, -0.15) is 0 Å². The summed E-state index contributed by atoms with van der Waals surface area (Å²) in [5, 5.41) is 12.1. The van der Waals surface area contributed by atoms with Crippen molar-refractivity contribution in [2.45, 2.75) is 63.8 Å². The van der Waals surface area contributed by atoms with Gasteiger partial charge >= 0.3 is 5.97 Å². The number of hydrogen-bond donors (Lipinski definition) is 2. The second kappa shape index (κ2) is 8.37. The minimum Gasteiger partial charge on any atom is -0.480 e. The van der Waals surface area contributed by atoms with Crippen LogP contribution < -0.4 is 5.32 Å². The lowest BCUT2D eigenvalue weighted by molar-refractivity contribution is -0.145. The van der Waals surface area contributed by atoms with E-state index in [-0.39, 0.29) is 11.8 Å². The van der Waals surface area contributed by atoms with E-state index < -0.39 is 12.0 Å². The number of carbonyl (C=O) groups excluding carboxylic acids is 1. The van der Waals surface area contributed by atoms with Gasteiger partial charge in [0.05, 0.1) is 6.61 Å². The number of amides is 1. The predicted octanol–water partition coefficient (Wildman–Crippen LogP) is 2.34. The molecule has 1 aliphatic carbocycles. The van der Waals surface area contributed by atoms with Crippen LogP contribution >= 0.6 is 0 Å². The molecule has 0 aromatic heterocycles. The molecule has 1 amide bonds. The molecule has 2 N–H and O–H groups in total. The molecule has 21 heavy (non-hydrogen) atoms. The first-order valence-electron chi connectivity index (χ1n) is 8.26. The van der Waals surface area contributed by atoms with Crippen molar-refractivity contribution in [2.24, 2.45) is 11.8 Å². The lowest BCUT2D eigenvalue weighted by Gasteiger charge is -2.28. The number of nitrogens with one attached hydrogen (secondary N) is 1. The van der Waals surface area contributed by atoms with Gasteiger partial charge in [0.1, 0.15) is 6.04 Å². The Balaban J connectivity index is 1.83. The second-order valence-electron chi connectivity index (χ2n) is 6.42. The SMILES string of the molecule is O=C(CC1CCCCCC1)NC(C(=O)O)C1CCCOC1. The zero-order valence-corrected chi connectivity index (χ0v) is 12.7. The van der Waals surface area contributed by atoms with Crippen molar-refractivity contribution in [3.8, 4) is 0 Å². The summed E-state index contributed by atoms with van der Waals surface area (Å²) < 4.78 is 5.35. The molecule has 5 nitrogen and oxygen atoms in total. The quantitative estimate of drug-likeness (QED) is 0.764. The van der Waals surface area contributed by atoms with Crippen LogP contribution in [0.5, 0.6) is 0 Å². The Morgan fingerprint density at radius 3 is 2.38 bits per heavy atom. The number of ether oxygens (including phenoxy) is 1. The Labute approximate surface area is 126 Å². The fourth-order valence-electron chi connectivity index (χ4n) is 3.47. The van der Waals surface area contributed by atoms with Crippen LogP contribution in [0, 0.1) is 11.8 Å². The second-order valence-corrected chi connectivity index (χ2v) is 6.42. The summed E-state index contributed by atoms with van der Waals surface area (Å²) in [5.74, 6) is -0.738. The average molecular weight is 297 g/mol. The highest BCUT2D eigenvalue weighted by Crippen LogP contribution is 2.25. The smallest absolute Gasteiger partial charge is 0.326 e. The summed E-state index contributed by atoms with van der Waals surface area (Å²) in [7, 11) is 0. The molecule has 2 aliphatic rings. The largest absolute Gasteiger partial charge is 0.480 e. The topological polar surface area (TPSA) is 75.6 Å². The molecule has 120 valence electrons. The summed E-state index contributed by atoms with van der Waals surface area (Å²) in [4.78, 5) is 23.6. The maximum Gasteiger partial charge on any atom is 0.326 e. The van der Waals surface area contributed by atoms with E-state index in [9.17, 15) is 14.7 Å². The lowest BCUT2D eigenvalue weighted by atomic mass is 9.92. The molecule has 1 heterocycles. The van der Waals surface area contributed by atoms with Crippen LogP contribution in [-0.4, -0.2) is 36.2 Å². The number of carbonyl (C=O) groups is 2. The van der Waals surface area contributed by atoms with E-state index in [1.807, 2.05) is 0 Å². The molecule has 2 fully saturated rings. The van der Waals surface area contributed by atoms with Gasteiger partial charge in [0.25, 0.3) is 0 Å². The van der Waals surface area contributed by atoms with Crippen LogP contribution in [0.25, 0.3) is 0 Å². The van der Waals surface area contributed by atoms with E-state index in [1.165, 1.54) is 25.7 Å². The van der Waals surface area contributed by atoms with Gasteiger partial charge in [0.2, 0.25) is 5.91 Å². The summed E-state index contributed by atoms with van der Waals surface area (Å²) in [6.07, 6.45) is 9.23. The van der Waals surface area contributed by atoms with Crippen molar-refractivity contribution in [3.63, 3.8) is 0 Å². The van der Waals surface area contributed by atoms with Gasteiger partial charge in [-0.15, -0.1) is 0 Å². The van der Waals surface area contributed by atoms with Crippen LogP contribution in [0.3, 0.4) is 0 Å². The zero-order valence-electron chi connectivity index (χ0n) is 12.7. The average Bonchev–Trinajstić information content (AvgIpc) is 2.74. The first kappa shape index (κ1) is 16.3. The molecule has 0 bridgehead atoms. The number of rotatable bonds is 5. The highest BCUT2D eigenvalue weighted by molar-refractivity contribution is 5.83. The highest BCUT2D eigenvalue weighted by Gasteiger charge is 2.31. The van der Waals surface area contributed by atoms with Crippen molar-refractivity contribution in [2.75, 3.05) is 13.2 Å². The van der Waals surface area contributed by atoms with Crippen molar-refractivity contribution in [3.05, 3.63) is 0 Å². The number of carboxylic acids is 1. The molecule has 1 saturated carbocycles. The van der Waals surface area contributed by atoms with Gasteiger partial charge < -0.3 is 15.2 Å². The van der Waals surface area contributed by atoms with E-state index >= 15 is 0 Å². The van der Waals surface area contributed by atoms with E-state index in [1.54, 1.807) is 0 Å². The normalized spacial score (nSPS) is 25.8. The molecule has 2 rings (SSSR count). The van der Waals surface area contributed by atoms with Crippen LogP contribution in [0.4, 0.5) is 0 Å². The molecule has 1 saturated heterocycles. The van der Waals surface area contributed by atoms with E-state index in [2.05, 4.69) is 5.32 Å². The Morgan fingerprint density at radius 1 is 1.10 bits per heavy atom. The van der Waals surface area contributed by atoms with Gasteiger partial charge in [-0.3, -0.25) is 4.79 Å². The Hall–Kier alpha value is -1.10. The predicted molar refractivity (Wildman–Crippen MR) is 78.9 cm³/mol. The van der Waals surface area contributed by atoms with Crippen molar-refractivity contribution in [1.29, 1.82) is 0 Å². The third kappa shape index (κ3) is 5.30. The molecule has 2 unspecified atom stereocenters. The maximum atomic E-state index is 12.2. The molecule has 0 aromatic rings. The first-order chi connectivity index (χ1) is 10.2. The minimum atomic E-state index is -0.945. The van der Waals surface area contributed by atoms with Gasteiger partial charge in [0.15, 0.2) is 0 Å². The third-order valence-corrected chi connectivity index (χ3v) is 4.70. The Morgan fingerprint density at radius 2 is 1.81 bits per heavy atom. The van der Waals surface area contributed by atoms with Crippen LogP contribution in [0.1, 0.15) is 57.8 Å². The standard InChI is InChI=1S/C16H27NO4/c18-14(10-12-6-3-1-2-4-7-12)17-15(16(19)20)13-8-5-9-21-11-13/h12-13,15H,1-11H2,(H,17,18)(H,19,20). The van der Waals surface area contributed by atoms with Crippen molar-refractivity contribution >= 4 is 11.9 Å². The van der Waals surface area contributed by atoms with E-state index in [4.69, 9.17) is 4.74 Å². The van der Waals surface area contributed by atoms with Crippen LogP contribution in [0.2, 0.25) is 0 Å². The molecule has 0 spiro atoms. The fourth-order valence-corrected chi connectivity index (χ4v) is 3.47. The molecular formula is C16H27NO4. The maximum absolute atomic E-state index is 12.2. The van der Waals surface area contributed by atoms with Crippen molar-refractivity contribution < 1.29 is 19.4 Å². The Bertz CT molecular complexity index is 344. The molecule has 0 aromatic carbocycles. The Kier molecular flexibility index (Phi) is 6.49. The summed E-state index contributed by atoms with van der Waals surface area (Å²) >= 11 is 0. The lowest BCUT2D eigenvalue weighted by Crippen LogP contribution is -2.48. The third-order valence-electron chi connectivity index (χ3n) is 4.70. The van der Waals surface area contributed by atoms with Gasteiger partial charge in [-0.1, -0.05) is 25.7 Å².